The van der Waals surface area contributed by atoms with Gasteiger partial charge in [-0.15, -0.1) is 0 Å². The number of aromatic hydroxyl groups is 1. The van der Waals surface area contributed by atoms with E-state index in [4.69, 9.17) is 10.8 Å². The van der Waals surface area contributed by atoms with Crippen LogP contribution in [0, 0.1) is 0 Å². The van der Waals surface area contributed by atoms with Crippen LogP contribution in [0.2, 0.25) is 0 Å². The molecule has 0 aromatic heterocycles. The van der Waals surface area contributed by atoms with E-state index < -0.39 is 11.9 Å². The minimum Gasteiger partial charge on any atom is -0.507 e. The first kappa shape index (κ1) is 17.5. The lowest BCUT2D eigenvalue weighted by Crippen LogP contribution is -2.13. The highest BCUT2D eigenvalue weighted by atomic mass is 16.4. The molecule has 2 aromatic carbocycles. The molecule has 0 atom stereocenters. The third-order valence-corrected chi connectivity index (χ3v) is 3.61. The van der Waals surface area contributed by atoms with Crippen LogP contribution < -0.4 is 11.1 Å². The number of nitrogens with one attached hydrogen (secondary N) is 1. The standard InChI is InChI=1S/C18H20N2O4/c19-11-13-6-9-16(21)15(10-13)18(24)20-14-7-4-12(5-8-14)2-1-3-17(22)23/h4-10,21H,1-3,11,19H2,(H,20,24)(H,22,23). The molecule has 126 valence electrons. The Bertz CT molecular complexity index is 726. The summed E-state index contributed by atoms with van der Waals surface area (Å²) in [7, 11) is 0. The summed E-state index contributed by atoms with van der Waals surface area (Å²) in [4.78, 5) is 22.8. The lowest BCUT2D eigenvalue weighted by Gasteiger charge is -2.09. The molecule has 0 heterocycles. The van der Waals surface area contributed by atoms with Crippen LogP contribution in [-0.4, -0.2) is 22.1 Å². The number of anilines is 1. The molecule has 0 saturated carbocycles. The molecule has 5 N–H and O–H groups in total. The van der Waals surface area contributed by atoms with Gasteiger partial charge in [0.25, 0.3) is 5.91 Å². The molecule has 6 nitrogen and oxygen atoms in total. The fourth-order valence-corrected chi connectivity index (χ4v) is 2.29. The van der Waals surface area contributed by atoms with Crippen LogP contribution in [-0.2, 0) is 17.8 Å². The van der Waals surface area contributed by atoms with E-state index in [1.807, 2.05) is 12.1 Å². The van der Waals surface area contributed by atoms with Gasteiger partial charge >= 0.3 is 5.97 Å². The normalized spacial score (nSPS) is 10.4. The summed E-state index contributed by atoms with van der Waals surface area (Å²) in [6.07, 6.45) is 1.37. The second-order valence-corrected chi connectivity index (χ2v) is 5.45. The van der Waals surface area contributed by atoms with Crippen LogP contribution in [0.4, 0.5) is 5.69 Å². The SMILES string of the molecule is NCc1ccc(O)c(C(=O)Nc2ccc(CCCC(=O)O)cc2)c1. The number of carbonyl (C=O) groups is 2. The van der Waals surface area contributed by atoms with Crippen molar-refractivity contribution in [3.63, 3.8) is 0 Å². The van der Waals surface area contributed by atoms with Crippen molar-refractivity contribution in [3.8, 4) is 5.75 Å². The molecule has 2 aromatic rings. The largest absolute Gasteiger partial charge is 0.507 e. The summed E-state index contributed by atoms with van der Waals surface area (Å²) >= 11 is 0. The van der Waals surface area contributed by atoms with Crippen LogP contribution in [0.15, 0.2) is 42.5 Å². The molecule has 0 saturated heterocycles. The van der Waals surface area contributed by atoms with Gasteiger partial charge in [0.2, 0.25) is 0 Å². The van der Waals surface area contributed by atoms with Crippen LogP contribution in [0.3, 0.4) is 0 Å². The van der Waals surface area contributed by atoms with E-state index in [2.05, 4.69) is 5.32 Å². The van der Waals surface area contributed by atoms with Gasteiger partial charge in [0.1, 0.15) is 5.75 Å². The van der Waals surface area contributed by atoms with Crippen molar-refractivity contribution in [1.29, 1.82) is 0 Å². The van der Waals surface area contributed by atoms with E-state index in [1.165, 1.54) is 6.07 Å². The average molecular weight is 328 g/mol. The summed E-state index contributed by atoms with van der Waals surface area (Å²) in [6, 6.07) is 11.8. The van der Waals surface area contributed by atoms with Crippen molar-refractivity contribution < 1.29 is 19.8 Å². The molecule has 0 bridgehead atoms. The fraction of sp³-hybridized carbons (Fsp3) is 0.222. The molecule has 0 fully saturated rings. The van der Waals surface area contributed by atoms with E-state index in [-0.39, 0.29) is 24.3 Å². The number of aliphatic carboxylic acids is 1. The lowest BCUT2D eigenvalue weighted by atomic mass is 10.1. The van der Waals surface area contributed by atoms with E-state index in [1.54, 1.807) is 24.3 Å². The Morgan fingerprint density at radius 3 is 2.33 bits per heavy atom. The second-order valence-electron chi connectivity index (χ2n) is 5.45. The molecule has 0 aliphatic heterocycles. The maximum atomic E-state index is 12.3. The van der Waals surface area contributed by atoms with Crippen molar-refractivity contribution in [2.45, 2.75) is 25.8 Å². The molecule has 24 heavy (non-hydrogen) atoms. The van der Waals surface area contributed by atoms with E-state index in [9.17, 15) is 14.7 Å². The van der Waals surface area contributed by atoms with Gasteiger partial charge in [-0.1, -0.05) is 18.2 Å². The fourth-order valence-electron chi connectivity index (χ4n) is 2.29. The Balaban J connectivity index is 2.00. The summed E-state index contributed by atoms with van der Waals surface area (Å²) in [5.41, 5.74) is 8.07. The number of hydrogen-bond acceptors (Lipinski definition) is 4. The zero-order chi connectivity index (χ0) is 17.5. The highest BCUT2D eigenvalue weighted by Crippen LogP contribution is 2.20. The maximum absolute atomic E-state index is 12.3. The van der Waals surface area contributed by atoms with Gasteiger partial charge in [0.05, 0.1) is 5.56 Å². The topological polar surface area (TPSA) is 113 Å². The van der Waals surface area contributed by atoms with Crippen molar-refractivity contribution in [2.24, 2.45) is 5.73 Å². The molecule has 0 unspecified atom stereocenters. The van der Waals surface area contributed by atoms with Gasteiger partial charge in [0, 0.05) is 18.7 Å². The number of phenolic OH excluding ortho intramolecular Hbond substituents is 1. The predicted molar refractivity (Wildman–Crippen MR) is 91.0 cm³/mol. The number of rotatable bonds is 7. The zero-order valence-corrected chi connectivity index (χ0v) is 13.2. The van der Waals surface area contributed by atoms with Gasteiger partial charge in [-0.2, -0.15) is 0 Å². The first-order chi connectivity index (χ1) is 11.5. The number of carboxylic acid groups (broad SMARTS) is 1. The first-order valence-corrected chi connectivity index (χ1v) is 7.63. The third-order valence-electron chi connectivity index (χ3n) is 3.61. The Kier molecular flexibility index (Phi) is 5.92. The monoisotopic (exact) mass is 328 g/mol. The number of benzene rings is 2. The van der Waals surface area contributed by atoms with Crippen LogP contribution in [0.5, 0.6) is 5.75 Å². The molecule has 0 radical (unpaired) electrons. The minimum atomic E-state index is -0.807. The average Bonchev–Trinajstić information content (AvgIpc) is 2.56. The molecule has 6 heteroatoms. The number of carbonyl (C=O) groups excluding carboxylic acids is 1. The predicted octanol–water partition coefficient (Wildman–Crippen LogP) is 2.51. The van der Waals surface area contributed by atoms with Crippen LogP contribution in [0.25, 0.3) is 0 Å². The summed E-state index contributed by atoms with van der Waals surface area (Å²) in [5, 5.41) is 21.2. The first-order valence-electron chi connectivity index (χ1n) is 7.63. The Hall–Kier alpha value is -2.86. The molecule has 1 amide bonds. The molecular formula is C18H20N2O4. The van der Waals surface area contributed by atoms with Crippen molar-refractivity contribution >= 4 is 17.6 Å². The summed E-state index contributed by atoms with van der Waals surface area (Å²) < 4.78 is 0. The van der Waals surface area contributed by atoms with E-state index in [0.717, 1.165) is 11.1 Å². The highest BCUT2D eigenvalue weighted by Gasteiger charge is 2.12. The number of carboxylic acids is 1. The second kappa shape index (κ2) is 8.12. The van der Waals surface area contributed by atoms with Gasteiger partial charge in [-0.25, -0.2) is 0 Å². The molecule has 2 rings (SSSR count). The lowest BCUT2D eigenvalue weighted by molar-refractivity contribution is -0.137. The van der Waals surface area contributed by atoms with Gasteiger partial charge in [-0.05, 0) is 48.2 Å². The number of hydrogen-bond donors (Lipinski definition) is 4. The molecule has 0 aliphatic rings. The smallest absolute Gasteiger partial charge is 0.303 e. The zero-order valence-electron chi connectivity index (χ0n) is 13.2. The molecule has 0 aliphatic carbocycles. The van der Waals surface area contributed by atoms with Crippen molar-refractivity contribution in [3.05, 3.63) is 59.2 Å². The number of nitrogens with two attached hydrogens (primary N) is 1. The summed E-state index contributed by atoms with van der Waals surface area (Å²) in [5.74, 6) is -1.32. The number of amides is 1. The molecule has 0 spiro atoms. The van der Waals surface area contributed by atoms with Crippen molar-refractivity contribution in [2.75, 3.05) is 5.32 Å². The number of phenols is 1. The van der Waals surface area contributed by atoms with Gasteiger partial charge in [-0.3, -0.25) is 9.59 Å². The Morgan fingerprint density at radius 1 is 1.04 bits per heavy atom. The summed E-state index contributed by atoms with van der Waals surface area (Å²) in [6.45, 7) is 0.283. The van der Waals surface area contributed by atoms with E-state index in [0.29, 0.717) is 18.5 Å². The van der Waals surface area contributed by atoms with Crippen molar-refractivity contribution in [1.82, 2.24) is 0 Å². The van der Waals surface area contributed by atoms with Crippen LogP contribution in [0.1, 0.15) is 34.3 Å². The molecular weight excluding hydrogens is 308 g/mol. The Morgan fingerprint density at radius 2 is 1.71 bits per heavy atom. The van der Waals surface area contributed by atoms with Gasteiger partial charge < -0.3 is 21.3 Å². The maximum Gasteiger partial charge on any atom is 0.303 e. The van der Waals surface area contributed by atoms with Gasteiger partial charge in [0.15, 0.2) is 0 Å². The minimum absolute atomic E-state index is 0.102. The highest BCUT2D eigenvalue weighted by molar-refractivity contribution is 6.06. The Labute approximate surface area is 139 Å². The van der Waals surface area contributed by atoms with Crippen LogP contribution >= 0.6 is 0 Å². The number of aryl methyl sites for hydroxylation is 1. The quantitative estimate of drug-likeness (QED) is 0.624. The third kappa shape index (κ3) is 4.82. The van der Waals surface area contributed by atoms with E-state index >= 15 is 0 Å².